The molecule has 28 heteroatoms. The number of pyridine rings is 2. The number of aryl methyl sites for hydroxylation is 1. The molecule has 4 aromatic rings. The number of urea groups is 2. The second-order valence-corrected chi connectivity index (χ2v) is 24.7. The highest BCUT2D eigenvalue weighted by Gasteiger charge is 2.46. The number of ether oxygens (including phenoxy) is 2. The largest absolute Gasteiger partial charge is 0.481 e. The topological polar surface area (TPSA) is 415 Å². The standard InChI is InChI=1S/C66H87FN10O17/c1-5-66(92)43-31-50-56-41(33-77(50)59(83)42(43)35-93-62(66)88)54-45(27-26-40-37(4)44(67)32-49(71-56)53(40)54)75-65(91)94-34-38-22-24-39(25-23-38)70-57(81)46(20-18-30-69-63(68)89)72-58(82)55(36(2)3)76-51(78)21-17-15-13-11-9-7-6-8-10-12-14-16-19-47(60(84)85)73-64(90)74-48(61(86)87)28-29-52(79)80/h22-25,31-32,36,45-48,55,92H,5-21,26-30,33-35H2,1-4H3,(H,70,81)(H,72,82)(H,75,91)(H,76,78)(H,79,80)(H,84,85)(H,86,87)(H3,68,69,89)(H2,73,74,90)/t45-,46-,47-,48-,55-,66-/m0/s1. The fourth-order valence-corrected chi connectivity index (χ4v) is 12.3. The van der Waals surface area contributed by atoms with Gasteiger partial charge in [-0.1, -0.05) is 104 Å². The van der Waals surface area contributed by atoms with Gasteiger partial charge in [0.2, 0.25) is 17.7 Å². The fourth-order valence-electron chi connectivity index (χ4n) is 12.3. The van der Waals surface area contributed by atoms with Crippen LogP contribution in [-0.4, -0.2) is 120 Å². The van der Waals surface area contributed by atoms with Crippen molar-refractivity contribution in [2.75, 3.05) is 11.9 Å². The number of carbonyl (C=O) groups excluding carboxylic acids is 7. The Labute approximate surface area is 542 Å². The molecule has 0 saturated carbocycles. The van der Waals surface area contributed by atoms with E-state index in [0.717, 1.165) is 69.8 Å². The number of nitrogens with zero attached hydrogens (tertiary/aromatic N) is 2. The number of cyclic esters (lactones) is 1. The predicted octanol–water partition coefficient (Wildman–Crippen LogP) is 6.99. The van der Waals surface area contributed by atoms with Crippen LogP contribution in [0.3, 0.4) is 0 Å². The van der Waals surface area contributed by atoms with E-state index >= 15 is 4.39 Å². The molecule has 0 bridgehead atoms. The Hall–Kier alpha value is -9.21. The number of hydrogen-bond donors (Lipinski definition) is 12. The van der Waals surface area contributed by atoms with E-state index in [1.165, 1.54) is 10.6 Å². The summed E-state index contributed by atoms with van der Waals surface area (Å²) in [6.07, 6.45) is 10.4. The Balaban J connectivity index is 0.835. The second-order valence-electron chi connectivity index (χ2n) is 24.7. The third-order valence-corrected chi connectivity index (χ3v) is 17.6. The van der Waals surface area contributed by atoms with Crippen molar-refractivity contribution >= 4 is 76.3 Å². The number of aliphatic hydroxyl groups is 1. The van der Waals surface area contributed by atoms with E-state index in [1.807, 2.05) is 0 Å². The Kier molecular flexibility index (Phi) is 25.8. The van der Waals surface area contributed by atoms with E-state index in [1.54, 1.807) is 58.0 Å². The van der Waals surface area contributed by atoms with Gasteiger partial charge in [-0.05, 0) is 105 Å². The number of esters is 1. The first kappa shape index (κ1) is 72.2. The first-order valence-electron chi connectivity index (χ1n) is 32.3. The zero-order valence-electron chi connectivity index (χ0n) is 53.6. The molecule has 0 spiro atoms. The average Bonchev–Trinajstić information content (AvgIpc) is 1.47. The number of alkyl carbamates (subject to hydrolysis) is 1. The van der Waals surface area contributed by atoms with Crippen molar-refractivity contribution in [1.82, 2.24) is 41.5 Å². The number of amides is 8. The molecule has 2 aliphatic heterocycles. The first-order valence-corrected chi connectivity index (χ1v) is 32.3. The average molecular weight is 1310 g/mol. The number of fused-ring (bicyclic) bond motifs is 5. The maximum atomic E-state index is 15.5. The SMILES string of the molecule is CC[C@@]1(O)C(=O)OCc2c1cc1n(c2=O)Cc2c-1nc1cc(F)c(C)c3c1c2[C@@H](NC(=O)OCc1ccc(NC(=O)[C@H](CCCNC(N)=O)NC(=O)[C@@H](NC(=O)CCCCCCCCCCCCCC[C@H](NC(=O)N[C@@H](CCC(=O)O)C(=O)O)C(=O)O)C(C)C)cc1)CC3. The van der Waals surface area contributed by atoms with Crippen molar-refractivity contribution < 1.29 is 82.2 Å². The van der Waals surface area contributed by atoms with Gasteiger partial charge in [0, 0.05) is 47.7 Å². The number of rotatable bonds is 36. The monoisotopic (exact) mass is 1310 g/mol. The number of primary amides is 1. The molecule has 27 nitrogen and oxygen atoms in total. The summed E-state index contributed by atoms with van der Waals surface area (Å²) in [4.78, 5) is 144. The van der Waals surface area contributed by atoms with Gasteiger partial charge in [0.25, 0.3) is 5.56 Å². The second kappa shape index (κ2) is 33.6. The summed E-state index contributed by atoms with van der Waals surface area (Å²) in [5, 5.41) is 58.0. The van der Waals surface area contributed by atoms with E-state index in [4.69, 9.17) is 25.3 Å². The number of carboxylic acid groups (broad SMARTS) is 3. The Bertz CT molecular complexity index is 3540. The lowest BCUT2D eigenvalue weighted by Crippen LogP contribution is -2.54. The summed E-state index contributed by atoms with van der Waals surface area (Å²) < 4.78 is 27.9. The van der Waals surface area contributed by atoms with E-state index in [0.29, 0.717) is 75.9 Å². The van der Waals surface area contributed by atoms with Crippen LogP contribution in [0.1, 0.15) is 194 Å². The number of aliphatic carboxylic acids is 3. The van der Waals surface area contributed by atoms with Crippen molar-refractivity contribution in [3.05, 3.63) is 91.5 Å². The lowest BCUT2D eigenvalue weighted by Gasteiger charge is -2.31. The molecule has 8 amide bonds. The maximum absolute atomic E-state index is 15.5. The highest BCUT2D eigenvalue weighted by atomic mass is 19.1. The summed E-state index contributed by atoms with van der Waals surface area (Å²) in [7, 11) is 0. The highest BCUT2D eigenvalue weighted by Crippen LogP contribution is 2.46. The number of nitrogens with one attached hydrogen (secondary N) is 7. The number of unbranched alkanes of at least 4 members (excludes halogenated alkanes) is 11. The Morgan fingerprint density at radius 1 is 0.766 bits per heavy atom. The minimum atomic E-state index is -2.06. The molecule has 13 N–H and O–H groups in total. The summed E-state index contributed by atoms with van der Waals surface area (Å²) in [5.41, 5.74) is 7.40. The van der Waals surface area contributed by atoms with Gasteiger partial charge in [-0.2, -0.15) is 0 Å². The van der Waals surface area contributed by atoms with Crippen molar-refractivity contribution in [1.29, 1.82) is 0 Å². The van der Waals surface area contributed by atoms with Gasteiger partial charge in [0.1, 0.15) is 43.2 Å². The van der Waals surface area contributed by atoms with Crippen LogP contribution in [-0.2, 0) is 74.8 Å². The molecule has 0 radical (unpaired) electrons. The van der Waals surface area contributed by atoms with Crippen LogP contribution in [0.4, 0.5) is 24.5 Å². The predicted molar refractivity (Wildman–Crippen MR) is 340 cm³/mol. The van der Waals surface area contributed by atoms with Crippen LogP contribution in [0.15, 0.2) is 41.2 Å². The fraction of sp³-hybridized carbons (Fsp3) is 0.545. The number of anilines is 1. The first-order chi connectivity index (χ1) is 44.8. The molecule has 94 heavy (non-hydrogen) atoms. The number of hydrogen-bond acceptors (Lipinski definition) is 15. The van der Waals surface area contributed by atoms with Gasteiger partial charge in [-0.3, -0.25) is 24.0 Å². The molecule has 0 fully saturated rings. The third kappa shape index (κ3) is 18.8. The van der Waals surface area contributed by atoms with Gasteiger partial charge in [0.15, 0.2) is 5.60 Å². The van der Waals surface area contributed by atoms with Crippen molar-refractivity contribution in [2.45, 2.75) is 218 Å². The van der Waals surface area contributed by atoms with Crippen LogP contribution in [0.5, 0.6) is 0 Å². The molecule has 0 saturated heterocycles. The number of benzene rings is 2. The van der Waals surface area contributed by atoms with Crippen LogP contribution in [0.25, 0.3) is 22.3 Å². The molecule has 4 heterocycles. The van der Waals surface area contributed by atoms with E-state index in [2.05, 4.69) is 37.2 Å². The van der Waals surface area contributed by atoms with Crippen LogP contribution in [0.2, 0.25) is 0 Å². The molecule has 1 aliphatic carbocycles. The lowest BCUT2D eigenvalue weighted by molar-refractivity contribution is -0.172. The van der Waals surface area contributed by atoms with Crippen LogP contribution < -0.4 is 48.5 Å². The number of aromatic nitrogens is 2. The zero-order chi connectivity index (χ0) is 68.4. The summed E-state index contributed by atoms with van der Waals surface area (Å²) >= 11 is 0. The third-order valence-electron chi connectivity index (χ3n) is 17.6. The van der Waals surface area contributed by atoms with Crippen LogP contribution in [0, 0.1) is 18.7 Å². The van der Waals surface area contributed by atoms with Crippen molar-refractivity contribution in [3.63, 3.8) is 0 Å². The number of carboxylic acids is 3. The smallest absolute Gasteiger partial charge is 0.407 e. The summed E-state index contributed by atoms with van der Waals surface area (Å²) in [6, 6.07) is 2.24. The van der Waals surface area contributed by atoms with Gasteiger partial charge in [-0.15, -0.1) is 0 Å². The molecule has 2 aromatic heterocycles. The van der Waals surface area contributed by atoms with E-state index in [-0.39, 0.29) is 87.8 Å². The Morgan fingerprint density at radius 3 is 1.99 bits per heavy atom. The van der Waals surface area contributed by atoms with Gasteiger partial charge in [-0.25, -0.2) is 38.1 Å². The molecular formula is C66H87FN10O17. The van der Waals surface area contributed by atoms with E-state index < -0.39 is 107 Å². The lowest BCUT2D eigenvalue weighted by atomic mass is 9.81. The number of carbonyl (C=O) groups is 10. The molecule has 7 rings (SSSR count). The minimum Gasteiger partial charge on any atom is -0.481 e. The quantitative estimate of drug-likeness (QED) is 0.0142. The summed E-state index contributed by atoms with van der Waals surface area (Å²) in [5.74, 6) is -7.03. The highest BCUT2D eigenvalue weighted by molar-refractivity contribution is 5.99. The number of nitrogens with two attached hydrogens (primary N) is 1. The molecule has 3 aliphatic rings. The van der Waals surface area contributed by atoms with Crippen LogP contribution >= 0.6 is 0 Å². The van der Waals surface area contributed by atoms with Gasteiger partial charge >= 0.3 is 42.0 Å². The van der Waals surface area contributed by atoms with Gasteiger partial charge in [0.05, 0.1) is 35.1 Å². The van der Waals surface area contributed by atoms with E-state index in [9.17, 15) is 68.1 Å². The Morgan fingerprint density at radius 2 is 1.38 bits per heavy atom. The molecule has 510 valence electrons. The molecule has 2 aromatic carbocycles. The molecule has 6 atom stereocenters. The molecule has 0 unspecified atom stereocenters. The number of halogens is 1. The maximum Gasteiger partial charge on any atom is 0.407 e. The normalized spacial score (nSPS) is 16.4. The van der Waals surface area contributed by atoms with Gasteiger partial charge < -0.3 is 77.4 Å². The van der Waals surface area contributed by atoms with Crippen molar-refractivity contribution in [2.24, 2.45) is 11.7 Å². The molecular weight excluding hydrogens is 1220 g/mol. The summed E-state index contributed by atoms with van der Waals surface area (Å²) in [6.45, 7) is 6.53. The van der Waals surface area contributed by atoms with Crippen molar-refractivity contribution in [3.8, 4) is 11.4 Å². The zero-order valence-corrected chi connectivity index (χ0v) is 53.6. The minimum absolute atomic E-state index is 0.0490.